The minimum atomic E-state index is -0.133. The average Bonchev–Trinajstić information content (AvgIpc) is 3.11. The van der Waals surface area contributed by atoms with Crippen LogP contribution in [-0.4, -0.2) is 37.1 Å². The van der Waals surface area contributed by atoms with Gasteiger partial charge < -0.3 is 25.3 Å². The van der Waals surface area contributed by atoms with Gasteiger partial charge in [-0.1, -0.05) is 6.07 Å². The van der Waals surface area contributed by atoms with E-state index in [0.29, 0.717) is 18.0 Å². The van der Waals surface area contributed by atoms with Crippen LogP contribution in [0.1, 0.15) is 12.5 Å². The minimum Gasteiger partial charge on any atom is -0.495 e. The quantitative estimate of drug-likeness (QED) is 0.329. The van der Waals surface area contributed by atoms with Crippen molar-refractivity contribution >= 4 is 41.5 Å². The number of halogens is 1. The van der Waals surface area contributed by atoms with Gasteiger partial charge in [0.15, 0.2) is 5.96 Å². The molecule has 2 rings (SSSR count). The zero-order chi connectivity index (χ0) is 18.1. The van der Waals surface area contributed by atoms with Crippen LogP contribution in [0, 0.1) is 0 Å². The molecule has 0 unspecified atom stereocenters. The summed E-state index contributed by atoms with van der Waals surface area (Å²) in [6, 6.07) is 9.68. The first-order chi connectivity index (χ1) is 12.1. The summed E-state index contributed by atoms with van der Waals surface area (Å²) in [5.74, 6) is 1.23. The molecule has 7 nitrogen and oxygen atoms in total. The van der Waals surface area contributed by atoms with Crippen LogP contribution >= 0.6 is 24.0 Å². The van der Waals surface area contributed by atoms with Crippen LogP contribution in [0.2, 0.25) is 0 Å². The Balaban J connectivity index is 0.00000338. The Kier molecular flexibility index (Phi) is 9.56. The number of benzene rings is 1. The number of aliphatic imine (C=N–C) groups is 1. The molecular formula is C18H26IN5O2. The Morgan fingerprint density at radius 1 is 1.23 bits per heavy atom. The first kappa shape index (κ1) is 21.8. The number of hydrogen-bond donors (Lipinski definition) is 3. The van der Waals surface area contributed by atoms with Crippen LogP contribution in [0.5, 0.6) is 5.75 Å². The third-order valence-electron chi connectivity index (χ3n) is 3.59. The van der Waals surface area contributed by atoms with Crippen LogP contribution < -0.4 is 20.7 Å². The van der Waals surface area contributed by atoms with Crippen LogP contribution in [0.15, 0.2) is 47.7 Å². The molecule has 0 fully saturated rings. The Hall–Kier alpha value is -2.23. The van der Waals surface area contributed by atoms with Crippen LogP contribution in [-0.2, 0) is 17.9 Å². The second-order valence-electron chi connectivity index (χ2n) is 5.49. The van der Waals surface area contributed by atoms with Crippen molar-refractivity contribution in [2.45, 2.75) is 20.0 Å². The fourth-order valence-electron chi connectivity index (χ4n) is 2.38. The molecular weight excluding hydrogens is 445 g/mol. The van der Waals surface area contributed by atoms with E-state index in [9.17, 15) is 4.79 Å². The van der Waals surface area contributed by atoms with E-state index in [0.717, 1.165) is 24.6 Å². The number of ether oxygens (including phenoxy) is 1. The second kappa shape index (κ2) is 11.4. The summed E-state index contributed by atoms with van der Waals surface area (Å²) >= 11 is 0. The third kappa shape index (κ3) is 6.95. The lowest BCUT2D eigenvalue weighted by Crippen LogP contribution is -2.38. The van der Waals surface area contributed by atoms with Gasteiger partial charge in [-0.3, -0.25) is 9.79 Å². The number of nitrogens with one attached hydrogen (secondary N) is 3. The lowest BCUT2D eigenvalue weighted by molar-refractivity contribution is -0.114. The maximum atomic E-state index is 11.3. The summed E-state index contributed by atoms with van der Waals surface area (Å²) in [6.45, 7) is 3.69. The van der Waals surface area contributed by atoms with Gasteiger partial charge in [0.25, 0.3) is 0 Å². The van der Waals surface area contributed by atoms with E-state index in [1.54, 1.807) is 14.2 Å². The molecule has 0 saturated carbocycles. The van der Waals surface area contributed by atoms with Gasteiger partial charge in [-0.05, 0) is 29.8 Å². The summed E-state index contributed by atoms with van der Waals surface area (Å²) < 4.78 is 7.36. The van der Waals surface area contributed by atoms with Gasteiger partial charge in [-0.25, -0.2) is 0 Å². The van der Waals surface area contributed by atoms with Gasteiger partial charge in [0.2, 0.25) is 5.91 Å². The van der Waals surface area contributed by atoms with Crippen molar-refractivity contribution < 1.29 is 9.53 Å². The summed E-state index contributed by atoms with van der Waals surface area (Å²) in [6.07, 6.45) is 4.05. The smallest absolute Gasteiger partial charge is 0.221 e. The molecule has 3 N–H and O–H groups in total. The van der Waals surface area contributed by atoms with Gasteiger partial charge in [-0.2, -0.15) is 0 Å². The molecule has 1 heterocycles. The van der Waals surface area contributed by atoms with E-state index in [4.69, 9.17) is 4.74 Å². The molecule has 1 aromatic carbocycles. The van der Waals surface area contributed by atoms with Crippen molar-refractivity contribution in [2.75, 3.05) is 26.0 Å². The highest BCUT2D eigenvalue weighted by molar-refractivity contribution is 14.0. The molecule has 0 aliphatic rings. The minimum absolute atomic E-state index is 0. The summed E-state index contributed by atoms with van der Waals surface area (Å²) in [5.41, 5.74) is 1.67. The van der Waals surface area contributed by atoms with Gasteiger partial charge in [-0.15, -0.1) is 24.0 Å². The van der Waals surface area contributed by atoms with E-state index >= 15 is 0 Å². The fraction of sp³-hybridized carbons (Fsp3) is 0.333. The van der Waals surface area contributed by atoms with Gasteiger partial charge in [0.05, 0.1) is 12.8 Å². The molecule has 2 aromatic rings. The molecule has 8 heteroatoms. The lowest BCUT2D eigenvalue weighted by atomic mass is 10.2. The SMILES string of the molecule is CN=C(NCCn1cccc1)NCc1ccc(OC)c(NC(C)=O)c1.I. The van der Waals surface area contributed by atoms with E-state index < -0.39 is 0 Å². The Labute approximate surface area is 171 Å². The number of methoxy groups -OCH3 is 1. The monoisotopic (exact) mass is 471 g/mol. The predicted molar refractivity (Wildman–Crippen MR) is 115 cm³/mol. The predicted octanol–water partition coefficient (Wildman–Crippen LogP) is 2.44. The number of guanidine groups is 1. The molecule has 0 bridgehead atoms. The van der Waals surface area contributed by atoms with Crippen LogP contribution in [0.3, 0.4) is 0 Å². The highest BCUT2D eigenvalue weighted by Gasteiger charge is 2.06. The topological polar surface area (TPSA) is 79.7 Å². The second-order valence-corrected chi connectivity index (χ2v) is 5.49. The van der Waals surface area contributed by atoms with Crippen molar-refractivity contribution in [1.29, 1.82) is 0 Å². The lowest BCUT2D eigenvalue weighted by Gasteiger charge is -2.14. The molecule has 142 valence electrons. The van der Waals surface area contributed by atoms with Crippen molar-refractivity contribution in [3.05, 3.63) is 48.3 Å². The molecule has 0 radical (unpaired) electrons. The van der Waals surface area contributed by atoms with Gasteiger partial charge in [0, 0.05) is 46.0 Å². The summed E-state index contributed by atoms with van der Waals surface area (Å²) in [5, 5.41) is 9.31. The Morgan fingerprint density at radius 3 is 2.58 bits per heavy atom. The Morgan fingerprint density at radius 2 is 1.96 bits per heavy atom. The number of aromatic nitrogens is 1. The zero-order valence-electron chi connectivity index (χ0n) is 15.3. The number of nitrogens with zero attached hydrogens (tertiary/aromatic N) is 2. The Bertz CT molecular complexity index is 716. The number of carbonyl (C=O) groups is 1. The maximum Gasteiger partial charge on any atom is 0.221 e. The molecule has 26 heavy (non-hydrogen) atoms. The number of amides is 1. The molecule has 0 saturated heterocycles. The first-order valence-corrected chi connectivity index (χ1v) is 8.12. The fourth-order valence-corrected chi connectivity index (χ4v) is 2.38. The number of carbonyl (C=O) groups excluding carboxylic acids is 1. The van der Waals surface area contributed by atoms with E-state index in [1.807, 2.05) is 42.7 Å². The highest BCUT2D eigenvalue weighted by Crippen LogP contribution is 2.25. The van der Waals surface area contributed by atoms with Crippen molar-refractivity contribution in [3.8, 4) is 5.75 Å². The molecule has 0 atom stereocenters. The first-order valence-electron chi connectivity index (χ1n) is 8.12. The number of anilines is 1. The molecule has 1 aromatic heterocycles. The standard InChI is InChI=1S/C18H25N5O2.HI/c1-14(24)22-16-12-15(6-7-17(16)25-3)13-21-18(19-2)20-8-11-23-9-4-5-10-23;/h4-7,9-10,12H,8,11,13H2,1-3H3,(H,22,24)(H2,19,20,21);1H. The van der Waals surface area contributed by atoms with Gasteiger partial charge in [0.1, 0.15) is 5.75 Å². The van der Waals surface area contributed by atoms with E-state index in [2.05, 4.69) is 25.5 Å². The summed E-state index contributed by atoms with van der Waals surface area (Å²) in [7, 11) is 3.32. The zero-order valence-corrected chi connectivity index (χ0v) is 17.6. The number of hydrogen-bond acceptors (Lipinski definition) is 3. The molecule has 0 aliphatic heterocycles. The normalized spacial score (nSPS) is 10.7. The van der Waals surface area contributed by atoms with Crippen molar-refractivity contribution in [2.24, 2.45) is 4.99 Å². The van der Waals surface area contributed by atoms with Crippen molar-refractivity contribution in [3.63, 3.8) is 0 Å². The van der Waals surface area contributed by atoms with E-state index in [-0.39, 0.29) is 29.9 Å². The van der Waals surface area contributed by atoms with Crippen molar-refractivity contribution in [1.82, 2.24) is 15.2 Å². The molecule has 0 spiro atoms. The largest absolute Gasteiger partial charge is 0.495 e. The average molecular weight is 471 g/mol. The molecule has 0 aliphatic carbocycles. The molecule has 1 amide bonds. The van der Waals surface area contributed by atoms with E-state index in [1.165, 1.54) is 6.92 Å². The summed E-state index contributed by atoms with van der Waals surface area (Å²) in [4.78, 5) is 15.5. The van der Waals surface area contributed by atoms with Gasteiger partial charge >= 0.3 is 0 Å². The van der Waals surface area contributed by atoms with Crippen LogP contribution in [0.25, 0.3) is 0 Å². The van der Waals surface area contributed by atoms with Crippen LogP contribution in [0.4, 0.5) is 5.69 Å². The highest BCUT2D eigenvalue weighted by atomic mass is 127. The number of rotatable bonds is 7. The maximum absolute atomic E-state index is 11.3. The third-order valence-corrected chi connectivity index (χ3v) is 3.59.